The molecule has 0 radical (unpaired) electrons. The molecule has 0 aliphatic heterocycles. The first-order valence-electron chi connectivity index (χ1n) is 8.45. The molecule has 26 heavy (non-hydrogen) atoms. The third-order valence-corrected chi connectivity index (χ3v) is 4.45. The van der Waals surface area contributed by atoms with E-state index < -0.39 is 0 Å². The average Bonchev–Trinajstić information content (AvgIpc) is 2.60. The van der Waals surface area contributed by atoms with Gasteiger partial charge in [-0.1, -0.05) is 47.5 Å². The van der Waals surface area contributed by atoms with Gasteiger partial charge in [0.25, 0.3) is 0 Å². The number of hydrogen-bond acceptors (Lipinski definition) is 2. The van der Waals surface area contributed by atoms with Crippen LogP contribution in [0.1, 0.15) is 24.5 Å². The van der Waals surface area contributed by atoms with Crippen LogP contribution < -0.4 is 5.32 Å². The van der Waals surface area contributed by atoms with Crippen molar-refractivity contribution < 1.29 is 9.59 Å². The largest absolute Gasteiger partial charge is 0.356 e. The topological polar surface area (TPSA) is 49.4 Å². The van der Waals surface area contributed by atoms with Crippen LogP contribution in [0.5, 0.6) is 0 Å². The number of nitrogens with one attached hydrogen (secondary N) is 1. The summed E-state index contributed by atoms with van der Waals surface area (Å²) in [5, 5.41) is 4.22. The number of carbonyl (C=O) groups excluding carboxylic acids is 2. The fourth-order valence-electron chi connectivity index (χ4n) is 2.52. The zero-order valence-electron chi connectivity index (χ0n) is 14.7. The van der Waals surface area contributed by atoms with Gasteiger partial charge in [0.05, 0.1) is 0 Å². The van der Waals surface area contributed by atoms with Gasteiger partial charge in [0.2, 0.25) is 11.8 Å². The lowest BCUT2D eigenvalue weighted by Crippen LogP contribution is -2.34. The Morgan fingerprint density at radius 2 is 1.73 bits per heavy atom. The lowest BCUT2D eigenvalue weighted by atomic mass is 10.1. The molecule has 1 N–H and O–H groups in total. The molecule has 0 bridgehead atoms. The summed E-state index contributed by atoms with van der Waals surface area (Å²) in [6.45, 7) is 2.88. The van der Waals surface area contributed by atoms with Gasteiger partial charge in [0.1, 0.15) is 0 Å². The molecule has 0 fully saturated rings. The molecular formula is C20H22Cl2N2O2. The highest BCUT2D eigenvalue weighted by Gasteiger charge is 2.12. The minimum atomic E-state index is -0.0746. The van der Waals surface area contributed by atoms with E-state index >= 15 is 0 Å². The van der Waals surface area contributed by atoms with Crippen LogP contribution in [0, 0.1) is 0 Å². The summed E-state index contributed by atoms with van der Waals surface area (Å²) in [6, 6.07) is 14.9. The maximum atomic E-state index is 12.0. The van der Waals surface area contributed by atoms with Gasteiger partial charge >= 0.3 is 0 Å². The molecule has 2 aromatic carbocycles. The summed E-state index contributed by atoms with van der Waals surface area (Å²) in [6.07, 6.45) is 0.982. The molecule has 2 aromatic rings. The summed E-state index contributed by atoms with van der Waals surface area (Å²) in [5.74, 6) is -0.138. The normalized spacial score (nSPS) is 10.4. The summed E-state index contributed by atoms with van der Waals surface area (Å²) in [7, 11) is 0. The quantitative estimate of drug-likeness (QED) is 0.735. The van der Waals surface area contributed by atoms with Crippen LogP contribution in [-0.4, -0.2) is 29.8 Å². The van der Waals surface area contributed by atoms with Gasteiger partial charge in [0.15, 0.2) is 0 Å². The molecule has 0 aromatic heterocycles. The number of halogens is 2. The fraction of sp³-hybridized carbons (Fsp3) is 0.300. The van der Waals surface area contributed by atoms with Crippen molar-refractivity contribution in [2.24, 2.45) is 0 Å². The van der Waals surface area contributed by atoms with Crippen LogP contribution in [0.3, 0.4) is 0 Å². The molecular weight excluding hydrogens is 371 g/mol. The second-order valence-electron chi connectivity index (χ2n) is 6.05. The molecule has 138 valence electrons. The molecule has 0 unspecified atom stereocenters. The van der Waals surface area contributed by atoms with Crippen LogP contribution in [0.4, 0.5) is 0 Å². The molecule has 2 rings (SSSR count). The van der Waals surface area contributed by atoms with Crippen molar-refractivity contribution in [2.75, 3.05) is 13.1 Å². The van der Waals surface area contributed by atoms with Crippen molar-refractivity contribution in [3.05, 3.63) is 69.7 Å². The summed E-state index contributed by atoms with van der Waals surface area (Å²) >= 11 is 11.8. The van der Waals surface area contributed by atoms with Crippen LogP contribution in [0.15, 0.2) is 48.5 Å². The van der Waals surface area contributed by atoms with E-state index in [1.807, 2.05) is 36.4 Å². The van der Waals surface area contributed by atoms with Crippen molar-refractivity contribution in [2.45, 2.75) is 26.3 Å². The van der Waals surface area contributed by atoms with Gasteiger partial charge in [-0.15, -0.1) is 0 Å². The Morgan fingerprint density at radius 3 is 2.38 bits per heavy atom. The lowest BCUT2D eigenvalue weighted by Gasteiger charge is -2.21. The van der Waals surface area contributed by atoms with Crippen LogP contribution in [-0.2, 0) is 22.6 Å². The zero-order chi connectivity index (χ0) is 18.9. The fourth-order valence-corrected chi connectivity index (χ4v) is 2.86. The second-order valence-corrected chi connectivity index (χ2v) is 6.92. The number of carbonyl (C=O) groups is 2. The smallest absolute Gasteiger partial charge is 0.221 e. The van der Waals surface area contributed by atoms with Crippen LogP contribution in [0.2, 0.25) is 10.0 Å². The molecule has 0 saturated heterocycles. The molecule has 0 saturated carbocycles. The first-order valence-corrected chi connectivity index (χ1v) is 9.21. The molecule has 0 aliphatic rings. The first-order chi connectivity index (χ1) is 12.4. The van der Waals surface area contributed by atoms with Gasteiger partial charge in [-0.3, -0.25) is 9.59 Å². The molecule has 0 aliphatic carbocycles. The van der Waals surface area contributed by atoms with Gasteiger partial charge < -0.3 is 10.2 Å². The van der Waals surface area contributed by atoms with Gasteiger partial charge in [-0.25, -0.2) is 0 Å². The summed E-state index contributed by atoms with van der Waals surface area (Å²) < 4.78 is 0. The highest BCUT2D eigenvalue weighted by atomic mass is 35.5. The van der Waals surface area contributed by atoms with E-state index in [-0.39, 0.29) is 18.2 Å². The average molecular weight is 393 g/mol. The van der Waals surface area contributed by atoms with Gasteiger partial charge in [-0.2, -0.15) is 0 Å². The SMILES string of the molecule is CC(=O)N(CCC(=O)NCCc1cccc(Cl)c1)Cc1ccc(Cl)cc1. The van der Waals surface area contributed by atoms with Crippen molar-refractivity contribution in [1.29, 1.82) is 0 Å². The summed E-state index contributed by atoms with van der Waals surface area (Å²) in [4.78, 5) is 25.5. The maximum Gasteiger partial charge on any atom is 0.221 e. The highest BCUT2D eigenvalue weighted by Crippen LogP contribution is 2.12. The molecule has 0 spiro atoms. The Morgan fingerprint density at radius 1 is 1.00 bits per heavy atom. The van der Waals surface area contributed by atoms with Crippen LogP contribution >= 0.6 is 23.2 Å². The Labute approximate surface area is 164 Å². The number of amides is 2. The second kappa shape index (κ2) is 10.2. The van der Waals surface area contributed by atoms with Crippen molar-refractivity contribution in [3.8, 4) is 0 Å². The molecule has 4 nitrogen and oxygen atoms in total. The standard InChI is InChI=1S/C20H22Cl2N2O2/c1-15(25)24(14-17-5-7-18(21)8-6-17)12-10-20(26)23-11-9-16-3-2-4-19(22)13-16/h2-8,13H,9-12,14H2,1H3,(H,23,26). The lowest BCUT2D eigenvalue weighted by molar-refractivity contribution is -0.130. The van der Waals surface area contributed by atoms with Crippen molar-refractivity contribution in [1.82, 2.24) is 10.2 Å². The Kier molecular flexibility index (Phi) is 7.95. The zero-order valence-corrected chi connectivity index (χ0v) is 16.2. The third-order valence-electron chi connectivity index (χ3n) is 3.97. The number of rotatable bonds is 8. The molecule has 0 atom stereocenters. The van der Waals surface area contributed by atoms with Gasteiger partial charge in [0, 0.05) is 43.0 Å². The predicted octanol–water partition coefficient (Wildman–Crippen LogP) is 4.09. The Balaban J connectivity index is 1.76. The number of nitrogens with zero attached hydrogens (tertiary/aromatic N) is 1. The van der Waals surface area contributed by atoms with E-state index in [4.69, 9.17) is 23.2 Å². The minimum absolute atomic E-state index is 0.0633. The highest BCUT2D eigenvalue weighted by molar-refractivity contribution is 6.30. The monoisotopic (exact) mass is 392 g/mol. The maximum absolute atomic E-state index is 12.0. The number of benzene rings is 2. The predicted molar refractivity (Wildman–Crippen MR) is 105 cm³/mol. The van der Waals surface area contributed by atoms with E-state index in [9.17, 15) is 9.59 Å². The first kappa shape index (κ1) is 20.3. The van der Waals surface area contributed by atoms with Gasteiger partial charge in [-0.05, 0) is 41.8 Å². The Bertz CT molecular complexity index is 748. The number of hydrogen-bond donors (Lipinski definition) is 1. The summed E-state index contributed by atoms with van der Waals surface area (Å²) in [5.41, 5.74) is 2.05. The Hall–Kier alpha value is -2.04. The van der Waals surface area contributed by atoms with E-state index in [2.05, 4.69) is 5.32 Å². The van der Waals surface area contributed by atoms with E-state index in [1.165, 1.54) is 6.92 Å². The van der Waals surface area contributed by atoms with E-state index in [0.717, 1.165) is 11.1 Å². The van der Waals surface area contributed by atoms with Crippen LogP contribution in [0.25, 0.3) is 0 Å². The third kappa shape index (κ3) is 7.06. The molecule has 6 heteroatoms. The molecule has 2 amide bonds. The minimum Gasteiger partial charge on any atom is -0.356 e. The van der Waals surface area contributed by atoms with Crippen molar-refractivity contribution >= 4 is 35.0 Å². The molecule has 0 heterocycles. The van der Waals surface area contributed by atoms with E-state index in [0.29, 0.717) is 36.1 Å². The van der Waals surface area contributed by atoms with Crippen molar-refractivity contribution in [3.63, 3.8) is 0 Å². The van der Waals surface area contributed by atoms with E-state index in [1.54, 1.807) is 17.0 Å².